The van der Waals surface area contributed by atoms with Gasteiger partial charge in [-0.3, -0.25) is 0 Å². The van der Waals surface area contributed by atoms with Crippen molar-refractivity contribution in [2.75, 3.05) is 0 Å². The first kappa shape index (κ1) is 6.38. The third kappa shape index (κ3) is 0.979. The van der Waals surface area contributed by atoms with E-state index < -0.39 is 0 Å². The minimum atomic E-state index is 0.440. The highest BCUT2D eigenvalue weighted by Gasteiger charge is 2.45. The standard InChI is InChI=1S/C9H14O/c1-6-4-8(6)9(5-10)7-2-3-7/h5-9H,2-4H2,1H3. The van der Waals surface area contributed by atoms with Gasteiger partial charge in [-0.15, -0.1) is 0 Å². The molecule has 0 amide bonds. The minimum Gasteiger partial charge on any atom is -0.303 e. The van der Waals surface area contributed by atoms with Crippen LogP contribution in [0.1, 0.15) is 26.2 Å². The van der Waals surface area contributed by atoms with Gasteiger partial charge in [0.15, 0.2) is 0 Å². The van der Waals surface area contributed by atoms with Crippen LogP contribution in [0.15, 0.2) is 0 Å². The summed E-state index contributed by atoms with van der Waals surface area (Å²) in [5.41, 5.74) is 0. The maximum Gasteiger partial charge on any atom is 0.123 e. The molecule has 56 valence electrons. The first-order valence-corrected chi connectivity index (χ1v) is 4.28. The van der Waals surface area contributed by atoms with Gasteiger partial charge in [-0.1, -0.05) is 6.92 Å². The van der Waals surface area contributed by atoms with Gasteiger partial charge in [0.1, 0.15) is 6.29 Å². The summed E-state index contributed by atoms with van der Waals surface area (Å²) in [6, 6.07) is 0. The summed E-state index contributed by atoms with van der Waals surface area (Å²) >= 11 is 0. The van der Waals surface area contributed by atoms with Crippen molar-refractivity contribution in [1.29, 1.82) is 0 Å². The second-order valence-electron chi connectivity index (χ2n) is 3.93. The predicted molar refractivity (Wildman–Crippen MR) is 39.5 cm³/mol. The lowest BCUT2D eigenvalue weighted by molar-refractivity contribution is -0.112. The SMILES string of the molecule is CC1CC1C(C=O)C1CC1. The molecule has 0 N–H and O–H groups in total. The Morgan fingerprint density at radius 2 is 2.10 bits per heavy atom. The summed E-state index contributed by atoms with van der Waals surface area (Å²) in [5, 5.41) is 0. The van der Waals surface area contributed by atoms with E-state index in [2.05, 4.69) is 6.92 Å². The third-order valence-corrected chi connectivity index (χ3v) is 2.99. The molecule has 0 aromatic heterocycles. The molecule has 2 aliphatic rings. The highest BCUT2D eigenvalue weighted by molar-refractivity contribution is 5.56. The molecule has 3 unspecified atom stereocenters. The third-order valence-electron chi connectivity index (χ3n) is 2.99. The Hall–Kier alpha value is -0.330. The molecule has 10 heavy (non-hydrogen) atoms. The molecular formula is C9H14O. The van der Waals surface area contributed by atoms with Gasteiger partial charge in [0, 0.05) is 5.92 Å². The van der Waals surface area contributed by atoms with Crippen LogP contribution in [0.5, 0.6) is 0 Å². The average molecular weight is 138 g/mol. The molecule has 0 aliphatic heterocycles. The highest BCUT2D eigenvalue weighted by Crippen LogP contribution is 2.51. The maximum atomic E-state index is 10.6. The van der Waals surface area contributed by atoms with E-state index in [1.54, 1.807) is 0 Å². The lowest BCUT2D eigenvalue weighted by Crippen LogP contribution is -2.07. The van der Waals surface area contributed by atoms with Crippen molar-refractivity contribution in [3.63, 3.8) is 0 Å². The molecular weight excluding hydrogens is 124 g/mol. The summed E-state index contributed by atoms with van der Waals surface area (Å²) in [5.74, 6) is 2.84. The Morgan fingerprint density at radius 3 is 2.40 bits per heavy atom. The lowest BCUT2D eigenvalue weighted by atomic mass is 9.99. The molecule has 0 aromatic carbocycles. The van der Waals surface area contributed by atoms with Crippen molar-refractivity contribution < 1.29 is 4.79 Å². The van der Waals surface area contributed by atoms with Crippen molar-refractivity contribution in [2.45, 2.75) is 26.2 Å². The number of rotatable bonds is 3. The Balaban J connectivity index is 1.92. The fourth-order valence-corrected chi connectivity index (χ4v) is 1.93. The molecule has 1 nitrogen and oxygen atoms in total. The van der Waals surface area contributed by atoms with E-state index in [0.717, 1.165) is 17.8 Å². The fraction of sp³-hybridized carbons (Fsp3) is 0.889. The molecule has 0 heterocycles. The predicted octanol–water partition coefficient (Wildman–Crippen LogP) is 1.87. The summed E-state index contributed by atoms with van der Waals surface area (Å²) in [7, 11) is 0. The summed E-state index contributed by atoms with van der Waals surface area (Å²) < 4.78 is 0. The average Bonchev–Trinajstić information content (AvgIpc) is 2.73. The second-order valence-corrected chi connectivity index (χ2v) is 3.93. The molecule has 2 rings (SSSR count). The van der Waals surface area contributed by atoms with Crippen LogP contribution in [0.25, 0.3) is 0 Å². The van der Waals surface area contributed by atoms with E-state index in [-0.39, 0.29) is 0 Å². The van der Waals surface area contributed by atoms with Crippen molar-refractivity contribution >= 4 is 6.29 Å². The van der Waals surface area contributed by atoms with Gasteiger partial charge in [0.05, 0.1) is 0 Å². The molecule has 0 spiro atoms. The first-order valence-electron chi connectivity index (χ1n) is 4.28. The minimum absolute atomic E-state index is 0.440. The quantitative estimate of drug-likeness (QED) is 0.544. The van der Waals surface area contributed by atoms with Crippen LogP contribution in [0.3, 0.4) is 0 Å². The molecule has 0 radical (unpaired) electrons. The van der Waals surface area contributed by atoms with Gasteiger partial charge >= 0.3 is 0 Å². The van der Waals surface area contributed by atoms with Crippen LogP contribution < -0.4 is 0 Å². The number of hydrogen-bond acceptors (Lipinski definition) is 1. The van der Waals surface area contributed by atoms with Gasteiger partial charge in [-0.2, -0.15) is 0 Å². The van der Waals surface area contributed by atoms with E-state index in [0.29, 0.717) is 5.92 Å². The van der Waals surface area contributed by atoms with Gasteiger partial charge in [0.2, 0.25) is 0 Å². The van der Waals surface area contributed by atoms with Crippen molar-refractivity contribution in [3.05, 3.63) is 0 Å². The highest BCUT2D eigenvalue weighted by atomic mass is 16.1. The zero-order valence-electron chi connectivity index (χ0n) is 6.42. The van der Waals surface area contributed by atoms with E-state index in [1.165, 1.54) is 25.5 Å². The molecule has 2 saturated carbocycles. The summed E-state index contributed by atoms with van der Waals surface area (Å²) in [4.78, 5) is 10.6. The summed E-state index contributed by atoms with van der Waals surface area (Å²) in [6.07, 6.45) is 5.13. The number of carbonyl (C=O) groups excluding carboxylic acids is 1. The smallest absolute Gasteiger partial charge is 0.123 e. The maximum absolute atomic E-state index is 10.6. The summed E-state index contributed by atoms with van der Waals surface area (Å²) in [6.45, 7) is 2.25. The molecule has 0 aromatic rings. The molecule has 0 saturated heterocycles. The first-order chi connectivity index (χ1) is 4.83. The molecule has 3 atom stereocenters. The zero-order valence-corrected chi connectivity index (χ0v) is 6.42. The fourth-order valence-electron chi connectivity index (χ4n) is 1.93. The Labute approximate surface area is 61.8 Å². The monoisotopic (exact) mass is 138 g/mol. The van der Waals surface area contributed by atoms with Crippen LogP contribution in [0.2, 0.25) is 0 Å². The van der Waals surface area contributed by atoms with Crippen molar-refractivity contribution in [3.8, 4) is 0 Å². The van der Waals surface area contributed by atoms with Crippen LogP contribution in [-0.2, 0) is 4.79 Å². The topological polar surface area (TPSA) is 17.1 Å². The van der Waals surface area contributed by atoms with E-state index >= 15 is 0 Å². The zero-order chi connectivity index (χ0) is 7.14. The Morgan fingerprint density at radius 1 is 1.50 bits per heavy atom. The molecule has 1 heteroatoms. The Kier molecular flexibility index (Phi) is 1.33. The second kappa shape index (κ2) is 2.08. The molecule has 2 fully saturated rings. The van der Waals surface area contributed by atoms with Crippen LogP contribution in [-0.4, -0.2) is 6.29 Å². The molecule has 0 bridgehead atoms. The van der Waals surface area contributed by atoms with Crippen LogP contribution >= 0.6 is 0 Å². The van der Waals surface area contributed by atoms with Gasteiger partial charge in [-0.25, -0.2) is 0 Å². The van der Waals surface area contributed by atoms with Crippen LogP contribution in [0.4, 0.5) is 0 Å². The number of aldehydes is 1. The van der Waals surface area contributed by atoms with E-state index in [4.69, 9.17) is 0 Å². The largest absolute Gasteiger partial charge is 0.303 e. The number of hydrogen-bond donors (Lipinski definition) is 0. The van der Waals surface area contributed by atoms with Crippen molar-refractivity contribution in [1.82, 2.24) is 0 Å². The van der Waals surface area contributed by atoms with Crippen molar-refractivity contribution in [2.24, 2.45) is 23.7 Å². The number of carbonyl (C=O) groups is 1. The van der Waals surface area contributed by atoms with Gasteiger partial charge in [-0.05, 0) is 37.0 Å². The normalized spacial score (nSPS) is 40.9. The van der Waals surface area contributed by atoms with E-state index in [1.807, 2.05) is 0 Å². The Bertz CT molecular complexity index is 149. The molecule has 2 aliphatic carbocycles. The van der Waals surface area contributed by atoms with Gasteiger partial charge in [0.25, 0.3) is 0 Å². The van der Waals surface area contributed by atoms with E-state index in [9.17, 15) is 4.79 Å². The van der Waals surface area contributed by atoms with Crippen LogP contribution in [0, 0.1) is 23.7 Å². The van der Waals surface area contributed by atoms with Gasteiger partial charge < -0.3 is 4.79 Å². The lowest BCUT2D eigenvalue weighted by Gasteiger charge is -2.04.